The van der Waals surface area contributed by atoms with Crippen molar-refractivity contribution in [2.45, 2.75) is 0 Å². The molecule has 3 rings (SSSR count). The Morgan fingerprint density at radius 3 is 2.33 bits per heavy atom. The molecule has 3 aromatic rings. The van der Waals surface area contributed by atoms with Crippen molar-refractivity contribution in [3.63, 3.8) is 0 Å². The minimum Gasteiger partial charge on any atom is -0.456 e. The third-order valence-corrected chi connectivity index (χ3v) is 3.82. The Kier molecular flexibility index (Phi) is 4.29. The van der Waals surface area contributed by atoms with Gasteiger partial charge in [-0.3, -0.25) is 9.59 Å². The van der Waals surface area contributed by atoms with E-state index in [1.165, 1.54) is 0 Å². The topological polar surface area (TPSA) is 50.5 Å². The van der Waals surface area contributed by atoms with Gasteiger partial charge in [0.05, 0.1) is 5.39 Å². The van der Waals surface area contributed by atoms with Crippen LogP contribution in [0.4, 0.5) is 5.69 Å². The molecule has 24 heavy (non-hydrogen) atoms. The molecule has 0 atom stereocenters. The number of carbonyl (C=O) groups is 1. The van der Waals surface area contributed by atoms with Crippen molar-refractivity contribution in [2.24, 2.45) is 0 Å². The Balaban J connectivity index is 2.02. The molecule has 0 saturated heterocycles. The standard InChI is InChI=1S/C20H17NO3/c1-21(2)15-10-7-14(8-11-15)9-12-19-17(13-22)20(23)16-5-3-4-6-18(16)24-19/h3-13H,1-2H3/b12-9+. The Labute approximate surface area is 139 Å². The second-order valence-electron chi connectivity index (χ2n) is 5.64. The maximum atomic E-state index is 12.4. The van der Waals surface area contributed by atoms with E-state index in [-0.39, 0.29) is 16.8 Å². The van der Waals surface area contributed by atoms with Crippen LogP contribution in [0.3, 0.4) is 0 Å². The van der Waals surface area contributed by atoms with Crippen LogP contribution in [0.5, 0.6) is 0 Å². The van der Waals surface area contributed by atoms with Crippen LogP contribution in [0.2, 0.25) is 0 Å². The van der Waals surface area contributed by atoms with Gasteiger partial charge in [-0.2, -0.15) is 0 Å². The van der Waals surface area contributed by atoms with Gasteiger partial charge < -0.3 is 9.32 Å². The molecule has 0 aliphatic heterocycles. The molecular weight excluding hydrogens is 302 g/mol. The lowest BCUT2D eigenvalue weighted by molar-refractivity contribution is 0.112. The molecule has 0 N–H and O–H groups in total. The van der Waals surface area contributed by atoms with Crippen LogP contribution >= 0.6 is 0 Å². The molecule has 0 saturated carbocycles. The average Bonchev–Trinajstić information content (AvgIpc) is 2.60. The Bertz CT molecular complexity index is 966. The fourth-order valence-electron chi connectivity index (χ4n) is 2.46. The zero-order valence-electron chi connectivity index (χ0n) is 13.5. The molecule has 1 aromatic heterocycles. The number of para-hydroxylation sites is 1. The lowest BCUT2D eigenvalue weighted by Crippen LogP contribution is -2.10. The Morgan fingerprint density at radius 2 is 1.67 bits per heavy atom. The summed E-state index contributed by atoms with van der Waals surface area (Å²) in [5, 5.41) is 0.409. The van der Waals surface area contributed by atoms with Gasteiger partial charge >= 0.3 is 0 Å². The van der Waals surface area contributed by atoms with Gasteiger partial charge in [0.2, 0.25) is 5.43 Å². The zero-order valence-corrected chi connectivity index (χ0v) is 13.5. The van der Waals surface area contributed by atoms with Crippen molar-refractivity contribution in [3.05, 3.63) is 75.6 Å². The Morgan fingerprint density at radius 1 is 0.958 bits per heavy atom. The molecule has 0 aliphatic carbocycles. The summed E-state index contributed by atoms with van der Waals surface area (Å²) in [4.78, 5) is 25.7. The molecule has 0 amide bonds. The molecule has 0 aliphatic rings. The molecule has 4 heteroatoms. The van der Waals surface area contributed by atoms with Gasteiger partial charge in [0.15, 0.2) is 6.29 Å². The molecule has 1 heterocycles. The monoisotopic (exact) mass is 319 g/mol. The fourth-order valence-corrected chi connectivity index (χ4v) is 2.46. The molecule has 0 spiro atoms. The highest BCUT2D eigenvalue weighted by Gasteiger charge is 2.11. The number of aldehydes is 1. The Hall–Kier alpha value is -3.14. The third-order valence-electron chi connectivity index (χ3n) is 3.82. The fraction of sp³-hybridized carbons (Fsp3) is 0.100. The van der Waals surface area contributed by atoms with E-state index < -0.39 is 0 Å². The molecule has 0 unspecified atom stereocenters. The van der Waals surface area contributed by atoms with Crippen molar-refractivity contribution in [1.82, 2.24) is 0 Å². The number of rotatable bonds is 4. The lowest BCUT2D eigenvalue weighted by atomic mass is 10.1. The van der Waals surface area contributed by atoms with Crippen LogP contribution in [0.25, 0.3) is 23.1 Å². The van der Waals surface area contributed by atoms with Gasteiger partial charge in [-0.05, 0) is 35.9 Å². The van der Waals surface area contributed by atoms with Crippen LogP contribution in [0, 0.1) is 0 Å². The van der Waals surface area contributed by atoms with Gasteiger partial charge in [0.25, 0.3) is 0 Å². The van der Waals surface area contributed by atoms with Crippen molar-refractivity contribution in [1.29, 1.82) is 0 Å². The highest BCUT2D eigenvalue weighted by molar-refractivity contribution is 5.89. The average molecular weight is 319 g/mol. The summed E-state index contributed by atoms with van der Waals surface area (Å²) in [6.07, 6.45) is 4.02. The number of hydrogen-bond acceptors (Lipinski definition) is 4. The number of carbonyl (C=O) groups excluding carboxylic acids is 1. The summed E-state index contributed by atoms with van der Waals surface area (Å²) in [5.74, 6) is 0.269. The minimum atomic E-state index is -0.311. The van der Waals surface area contributed by atoms with Crippen LogP contribution in [-0.2, 0) is 0 Å². The number of anilines is 1. The smallest absolute Gasteiger partial charge is 0.203 e. The van der Waals surface area contributed by atoms with E-state index in [0.29, 0.717) is 17.3 Å². The minimum absolute atomic E-state index is 0.0369. The third kappa shape index (κ3) is 2.99. The van der Waals surface area contributed by atoms with E-state index >= 15 is 0 Å². The number of hydrogen-bond donors (Lipinski definition) is 0. The molecule has 4 nitrogen and oxygen atoms in total. The number of fused-ring (bicyclic) bond motifs is 1. The SMILES string of the molecule is CN(C)c1ccc(/C=C/c2oc3ccccc3c(=O)c2C=O)cc1. The predicted molar refractivity (Wildman–Crippen MR) is 97.6 cm³/mol. The van der Waals surface area contributed by atoms with E-state index in [4.69, 9.17) is 4.42 Å². The van der Waals surface area contributed by atoms with Crippen molar-refractivity contribution in [3.8, 4) is 0 Å². The van der Waals surface area contributed by atoms with Gasteiger partial charge in [0, 0.05) is 19.8 Å². The van der Waals surface area contributed by atoms with E-state index in [2.05, 4.69) is 0 Å². The molecule has 0 bridgehead atoms. The summed E-state index contributed by atoms with van der Waals surface area (Å²) in [7, 11) is 3.95. The van der Waals surface area contributed by atoms with Gasteiger partial charge in [0.1, 0.15) is 16.9 Å². The van der Waals surface area contributed by atoms with E-state index in [0.717, 1.165) is 11.3 Å². The molecule has 0 fully saturated rings. The van der Waals surface area contributed by atoms with Crippen LogP contribution < -0.4 is 10.3 Å². The first-order valence-electron chi connectivity index (χ1n) is 7.56. The predicted octanol–water partition coefficient (Wildman–Crippen LogP) is 3.84. The molecule has 120 valence electrons. The van der Waals surface area contributed by atoms with Crippen molar-refractivity contribution >= 4 is 35.1 Å². The second kappa shape index (κ2) is 6.54. The van der Waals surface area contributed by atoms with Crippen molar-refractivity contribution < 1.29 is 9.21 Å². The van der Waals surface area contributed by atoms with E-state index in [9.17, 15) is 9.59 Å². The largest absolute Gasteiger partial charge is 0.456 e. The highest BCUT2D eigenvalue weighted by atomic mass is 16.3. The maximum Gasteiger partial charge on any atom is 0.203 e. The van der Waals surface area contributed by atoms with E-state index in [1.54, 1.807) is 30.3 Å². The van der Waals surface area contributed by atoms with Crippen molar-refractivity contribution in [2.75, 3.05) is 19.0 Å². The summed E-state index contributed by atoms with van der Waals surface area (Å²) >= 11 is 0. The highest BCUT2D eigenvalue weighted by Crippen LogP contribution is 2.18. The van der Waals surface area contributed by atoms with Crippen LogP contribution in [0.1, 0.15) is 21.7 Å². The molecule has 0 radical (unpaired) electrons. The quantitative estimate of drug-likeness (QED) is 0.686. The summed E-state index contributed by atoms with van der Waals surface area (Å²) < 4.78 is 5.72. The summed E-state index contributed by atoms with van der Waals surface area (Å²) in [6, 6.07) is 14.8. The summed E-state index contributed by atoms with van der Waals surface area (Å²) in [6.45, 7) is 0. The van der Waals surface area contributed by atoms with Crippen LogP contribution in [-0.4, -0.2) is 20.4 Å². The zero-order chi connectivity index (χ0) is 17.1. The first-order chi connectivity index (χ1) is 11.6. The maximum absolute atomic E-state index is 12.4. The van der Waals surface area contributed by atoms with Gasteiger partial charge in [-0.1, -0.05) is 30.3 Å². The lowest BCUT2D eigenvalue weighted by Gasteiger charge is -2.11. The number of nitrogens with zero attached hydrogens (tertiary/aromatic N) is 1. The molecule has 2 aromatic carbocycles. The second-order valence-corrected chi connectivity index (χ2v) is 5.64. The summed E-state index contributed by atoms with van der Waals surface area (Å²) in [5.41, 5.74) is 2.24. The van der Waals surface area contributed by atoms with E-state index in [1.807, 2.05) is 49.3 Å². The van der Waals surface area contributed by atoms with Gasteiger partial charge in [-0.15, -0.1) is 0 Å². The first kappa shape index (κ1) is 15.7. The normalized spacial score (nSPS) is 11.1. The van der Waals surface area contributed by atoms with Gasteiger partial charge in [-0.25, -0.2) is 0 Å². The number of benzene rings is 2. The van der Waals surface area contributed by atoms with Crippen LogP contribution in [0.15, 0.2) is 57.7 Å². The molecular formula is C20H17NO3. The first-order valence-corrected chi connectivity index (χ1v) is 7.56.